The summed E-state index contributed by atoms with van der Waals surface area (Å²) < 4.78 is 16.4. The fourth-order valence-electron chi connectivity index (χ4n) is 3.35. The molecule has 4 aromatic rings. The number of ether oxygens (including phenoxy) is 2. The van der Waals surface area contributed by atoms with Gasteiger partial charge in [-0.15, -0.1) is 0 Å². The number of rotatable bonds is 3. The SMILES string of the molecule is O=C(NNC(=O)c1cc(-c2ccco2)nc2ccccc12)c1ccc2c(c1)OCCO2. The highest BCUT2D eigenvalue weighted by Crippen LogP contribution is 2.30. The van der Waals surface area contributed by atoms with Crippen LogP contribution in [-0.4, -0.2) is 30.0 Å². The van der Waals surface area contributed by atoms with Crippen LogP contribution in [0.3, 0.4) is 0 Å². The predicted octanol–water partition coefficient (Wildman–Crippen LogP) is 3.34. The van der Waals surface area contributed by atoms with Crippen LogP contribution < -0.4 is 20.3 Å². The van der Waals surface area contributed by atoms with Crippen molar-refractivity contribution >= 4 is 22.7 Å². The molecule has 8 nitrogen and oxygen atoms in total. The topological polar surface area (TPSA) is 103 Å². The van der Waals surface area contributed by atoms with Gasteiger partial charge in [0.15, 0.2) is 17.3 Å². The Morgan fingerprint density at radius 2 is 1.65 bits per heavy atom. The molecule has 154 valence electrons. The highest BCUT2D eigenvalue weighted by Gasteiger charge is 2.18. The molecule has 2 amide bonds. The third-order valence-electron chi connectivity index (χ3n) is 4.83. The first-order chi connectivity index (χ1) is 15.2. The molecule has 1 aliphatic heterocycles. The average Bonchev–Trinajstić information content (AvgIpc) is 3.36. The normalized spacial score (nSPS) is 12.4. The van der Waals surface area contributed by atoms with Crippen molar-refractivity contribution in [2.75, 3.05) is 13.2 Å². The second kappa shape index (κ2) is 7.83. The maximum absolute atomic E-state index is 12.9. The van der Waals surface area contributed by atoms with Gasteiger partial charge in [-0.3, -0.25) is 20.4 Å². The Kier molecular flexibility index (Phi) is 4.72. The van der Waals surface area contributed by atoms with Crippen molar-refractivity contribution in [3.8, 4) is 23.0 Å². The Bertz CT molecular complexity index is 1280. The number of nitrogens with one attached hydrogen (secondary N) is 2. The zero-order valence-electron chi connectivity index (χ0n) is 16.3. The molecule has 0 spiro atoms. The molecule has 2 aromatic carbocycles. The van der Waals surface area contributed by atoms with Gasteiger partial charge < -0.3 is 13.9 Å². The molecule has 8 heteroatoms. The van der Waals surface area contributed by atoms with E-state index in [2.05, 4.69) is 15.8 Å². The summed E-state index contributed by atoms with van der Waals surface area (Å²) in [5, 5.41) is 0.656. The van der Waals surface area contributed by atoms with Crippen LogP contribution in [0.2, 0.25) is 0 Å². The van der Waals surface area contributed by atoms with Crippen molar-refractivity contribution in [2.24, 2.45) is 0 Å². The highest BCUT2D eigenvalue weighted by molar-refractivity contribution is 6.08. The number of carbonyl (C=O) groups excluding carboxylic acids is 2. The summed E-state index contributed by atoms with van der Waals surface area (Å²) in [4.78, 5) is 30.0. The van der Waals surface area contributed by atoms with Crippen molar-refractivity contribution in [2.45, 2.75) is 0 Å². The van der Waals surface area contributed by atoms with Crippen molar-refractivity contribution in [3.05, 3.63) is 78.1 Å². The lowest BCUT2D eigenvalue weighted by atomic mass is 10.1. The van der Waals surface area contributed by atoms with Crippen LogP contribution in [0, 0.1) is 0 Å². The van der Waals surface area contributed by atoms with Gasteiger partial charge in [-0.2, -0.15) is 0 Å². The molecule has 0 radical (unpaired) electrons. The summed E-state index contributed by atoms with van der Waals surface area (Å²) in [5.74, 6) is 0.668. The van der Waals surface area contributed by atoms with E-state index in [9.17, 15) is 9.59 Å². The van der Waals surface area contributed by atoms with Crippen LogP contribution in [0.25, 0.3) is 22.4 Å². The van der Waals surface area contributed by atoms with Crippen molar-refractivity contribution < 1.29 is 23.5 Å². The van der Waals surface area contributed by atoms with Gasteiger partial charge in [-0.05, 0) is 42.5 Å². The molecule has 0 saturated heterocycles. The number of furan rings is 1. The molecule has 1 aliphatic rings. The summed E-state index contributed by atoms with van der Waals surface area (Å²) in [7, 11) is 0. The standard InChI is InChI=1S/C23H17N3O5/c27-22(14-7-8-20-21(12-14)31-11-10-30-20)25-26-23(28)16-13-18(19-6-3-9-29-19)24-17-5-2-1-4-15(16)17/h1-9,12-13H,10-11H2,(H,25,27)(H,26,28). The van der Waals surface area contributed by atoms with Crippen LogP contribution in [0.4, 0.5) is 0 Å². The molecule has 0 unspecified atom stereocenters. The first kappa shape index (κ1) is 18.7. The first-order valence-corrected chi connectivity index (χ1v) is 9.63. The van der Waals surface area contributed by atoms with E-state index in [1.807, 2.05) is 18.2 Å². The number of carbonyl (C=O) groups is 2. The van der Waals surface area contributed by atoms with Gasteiger partial charge in [0.25, 0.3) is 11.8 Å². The minimum absolute atomic E-state index is 0.334. The number of benzene rings is 2. The number of pyridine rings is 1. The van der Waals surface area contributed by atoms with Crippen LogP contribution in [0.5, 0.6) is 11.5 Å². The Labute approximate surface area is 176 Å². The quantitative estimate of drug-likeness (QED) is 0.498. The smallest absolute Gasteiger partial charge is 0.270 e. The molecule has 0 aliphatic carbocycles. The summed E-state index contributed by atoms with van der Waals surface area (Å²) in [6.07, 6.45) is 1.54. The zero-order valence-corrected chi connectivity index (χ0v) is 16.3. The zero-order chi connectivity index (χ0) is 21.2. The van der Waals surface area contributed by atoms with Gasteiger partial charge >= 0.3 is 0 Å². The number of hydrogen-bond acceptors (Lipinski definition) is 6. The van der Waals surface area contributed by atoms with Crippen molar-refractivity contribution in [3.63, 3.8) is 0 Å². The van der Waals surface area contributed by atoms with E-state index in [1.165, 1.54) is 0 Å². The number of hydrogen-bond donors (Lipinski definition) is 2. The molecule has 2 N–H and O–H groups in total. The number of fused-ring (bicyclic) bond motifs is 2. The Morgan fingerprint density at radius 3 is 2.48 bits per heavy atom. The van der Waals surface area contributed by atoms with E-state index in [-0.39, 0.29) is 0 Å². The molecule has 0 saturated carbocycles. The fraction of sp³-hybridized carbons (Fsp3) is 0.0870. The second-order valence-electron chi connectivity index (χ2n) is 6.82. The monoisotopic (exact) mass is 415 g/mol. The molecule has 5 rings (SSSR count). The van der Waals surface area contributed by atoms with Crippen LogP contribution in [0.1, 0.15) is 20.7 Å². The fourth-order valence-corrected chi connectivity index (χ4v) is 3.35. The number of amides is 2. The largest absolute Gasteiger partial charge is 0.486 e. The summed E-state index contributed by atoms with van der Waals surface area (Å²) >= 11 is 0. The van der Waals surface area contributed by atoms with E-state index in [4.69, 9.17) is 13.9 Å². The lowest BCUT2D eigenvalue weighted by Crippen LogP contribution is -2.41. The molecule has 0 atom stereocenters. The molecular weight excluding hydrogens is 398 g/mol. The molecule has 0 bridgehead atoms. The first-order valence-electron chi connectivity index (χ1n) is 9.63. The molecule has 3 heterocycles. The van der Waals surface area contributed by atoms with Gasteiger partial charge in [-0.25, -0.2) is 4.98 Å². The molecule has 2 aromatic heterocycles. The van der Waals surface area contributed by atoms with Gasteiger partial charge in [0.1, 0.15) is 18.9 Å². The van der Waals surface area contributed by atoms with E-state index in [0.717, 1.165) is 0 Å². The third kappa shape index (κ3) is 3.66. The minimum Gasteiger partial charge on any atom is -0.486 e. The lowest BCUT2D eigenvalue weighted by molar-refractivity contribution is 0.0847. The number of para-hydroxylation sites is 1. The van der Waals surface area contributed by atoms with E-state index < -0.39 is 11.8 Å². The lowest BCUT2D eigenvalue weighted by Gasteiger charge is -2.18. The summed E-state index contributed by atoms with van der Waals surface area (Å²) in [6, 6.07) is 17.3. The van der Waals surface area contributed by atoms with Crippen LogP contribution in [-0.2, 0) is 0 Å². The Morgan fingerprint density at radius 1 is 0.839 bits per heavy atom. The van der Waals surface area contributed by atoms with Gasteiger partial charge in [0.2, 0.25) is 0 Å². The second-order valence-corrected chi connectivity index (χ2v) is 6.82. The van der Waals surface area contributed by atoms with Crippen LogP contribution in [0.15, 0.2) is 71.3 Å². The number of nitrogens with zero attached hydrogens (tertiary/aromatic N) is 1. The predicted molar refractivity (Wildman–Crippen MR) is 112 cm³/mol. The van der Waals surface area contributed by atoms with E-state index >= 15 is 0 Å². The summed E-state index contributed by atoms with van der Waals surface area (Å²) in [6.45, 7) is 0.885. The number of hydrazine groups is 1. The van der Waals surface area contributed by atoms with Crippen molar-refractivity contribution in [1.29, 1.82) is 0 Å². The van der Waals surface area contributed by atoms with Gasteiger partial charge in [0, 0.05) is 10.9 Å². The maximum atomic E-state index is 12.9. The molecule has 31 heavy (non-hydrogen) atoms. The third-order valence-corrected chi connectivity index (χ3v) is 4.83. The maximum Gasteiger partial charge on any atom is 0.270 e. The highest BCUT2D eigenvalue weighted by atomic mass is 16.6. The molecule has 0 fully saturated rings. The van der Waals surface area contributed by atoms with Crippen molar-refractivity contribution in [1.82, 2.24) is 15.8 Å². The average molecular weight is 415 g/mol. The van der Waals surface area contributed by atoms with Crippen LogP contribution >= 0.6 is 0 Å². The Balaban J connectivity index is 1.38. The summed E-state index contributed by atoms with van der Waals surface area (Å²) in [5.41, 5.74) is 6.77. The van der Waals surface area contributed by atoms with Gasteiger partial charge in [-0.1, -0.05) is 18.2 Å². The molecular formula is C23H17N3O5. The minimum atomic E-state index is -0.477. The number of aromatic nitrogens is 1. The van der Waals surface area contributed by atoms with Gasteiger partial charge in [0.05, 0.1) is 17.3 Å². The van der Waals surface area contributed by atoms with E-state index in [1.54, 1.807) is 48.7 Å². The van der Waals surface area contributed by atoms with E-state index in [0.29, 0.717) is 58.2 Å². The Hall–Kier alpha value is -4.33.